The zero-order valence-electron chi connectivity index (χ0n) is 17.1. The number of fused-ring (bicyclic) bond motifs is 1. The van der Waals surface area contributed by atoms with Gasteiger partial charge in [0.2, 0.25) is 5.91 Å². The van der Waals surface area contributed by atoms with Gasteiger partial charge in [-0.15, -0.1) is 0 Å². The maximum absolute atomic E-state index is 13.1. The first-order chi connectivity index (χ1) is 14.0. The summed E-state index contributed by atoms with van der Waals surface area (Å²) in [4.78, 5) is 15.0. The molecule has 1 amide bonds. The first-order valence-electron chi connectivity index (χ1n) is 10.1. The average molecular weight is 390 g/mol. The number of amides is 1. The summed E-state index contributed by atoms with van der Waals surface area (Å²) in [5, 5.41) is 3.94. The fourth-order valence-corrected chi connectivity index (χ4v) is 3.90. The highest BCUT2D eigenvalue weighted by Gasteiger charge is 2.27. The van der Waals surface area contributed by atoms with E-state index in [4.69, 9.17) is 9.26 Å². The number of anilines is 1. The molecular formula is C24H26N2O3. The molecule has 0 saturated carbocycles. The molecule has 0 radical (unpaired) electrons. The van der Waals surface area contributed by atoms with E-state index in [-0.39, 0.29) is 11.9 Å². The summed E-state index contributed by atoms with van der Waals surface area (Å²) < 4.78 is 11.0. The number of carbonyl (C=O) groups is 1. The Morgan fingerprint density at radius 2 is 1.93 bits per heavy atom. The molecule has 4 rings (SSSR count). The van der Waals surface area contributed by atoms with E-state index in [0.717, 1.165) is 46.9 Å². The molecule has 0 N–H and O–H groups in total. The minimum absolute atomic E-state index is 0.133. The van der Waals surface area contributed by atoms with Crippen LogP contribution in [0.4, 0.5) is 5.69 Å². The van der Waals surface area contributed by atoms with Crippen LogP contribution in [-0.2, 0) is 24.2 Å². The summed E-state index contributed by atoms with van der Waals surface area (Å²) in [6.07, 6.45) is 2.40. The minimum Gasteiger partial charge on any atom is -0.489 e. The first kappa shape index (κ1) is 19.2. The number of aromatic nitrogens is 1. The van der Waals surface area contributed by atoms with E-state index in [1.54, 1.807) is 0 Å². The molecule has 0 saturated heterocycles. The molecule has 0 bridgehead atoms. The van der Waals surface area contributed by atoms with Crippen molar-refractivity contribution in [3.8, 4) is 5.75 Å². The van der Waals surface area contributed by atoms with Crippen molar-refractivity contribution in [1.82, 2.24) is 5.16 Å². The van der Waals surface area contributed by atoms with Crippen molar-refractivity contribution in [3.05, 3.63) is 76.7 Å². The van der Waals surface area contributed by atoms with Gasteiger partial charge < -0.3 is 14.2 Å². The standard InChI is InChI=1S/C24H26N2O3/c1-16-8-11-20-6-4-5-7-23(20)26(16)24(27)14-19-9-12-21(13-10-19)28-15-22-17(2)25-29-18(22)3/h4-7,9-10,12-13,16H,8,11,14-15H2,1-3H3. The van der Waals surface area contributed by atoms with E-state index in [2.05, 4.69) is 24.2 Å². The molecule has 0 fully saturated rings. The summed E-state index contributed by atoms with van der Waals surface area (Å²) in [5.74, 6) is 1.67. The van der Waals surface area contributed by atoms with Gasteiger partial charge in [0.15, 0.2) is 0 Å². The Morgan fingerprint density at radius 1 is 1.17 bits per heavy atom. The number of hydrogen-bond acceptors (Lipinski definition) is 4. The lowest BCUT2D eigenvalue weighted by Gasteiger charge is -2.35. The van der Waals surface area contributed by atoms with Crippen molar-refractivity contribution in [2.75, 3.05) is 4.90 Å². The Bertz CT molecular complexity index is 988. The molecule has 2 heterocycles. The maximum atomic E-state index is 13.1. The summed E-state index contributed by atoms with van der Waals surface area (Å²) in [5.41, 5.74) is 5.11. The third-order valence-corrected chi connectivity index (χ3v) is 5.64. The van der Waals surface area contributed by atoms with E-state index in [0.29, 0.717) is 13.0 Å². The van der Waals surface area contributed by atoms with Gasteiger partial charge in [-0.05, 0) is 62.9 Å². The molecular weight excluding hydrogens is 364 g/mol. The van der Waals surface area contributed by atoms with Crippen LogP contribution in [0.25, 0.3) is 0 Å². The fraction of sp³-hybridized carbons (Fsp3) is 0.333. The molecule has 29 heavy (non-hydrogen) atoms. The Labute approximate surface area is 171 Å². The highest BCUT2D eigenvalue weighted by Crippen LogP contribution is 2.31. The van der Waals surface area contributed by atoms with Crippen molar-refractivity contribution in [1.29, 1.82) is 0 Å². The number of ether oxygens (including phenoxy) is 1. The van der Waals surface area contributed by atoms with Gasteiger partial charge in [-0.2, -0.15) is 0 Å². The number of benzene rings is 2. The largest absolute Gasteiger partial charge is 0.489 e. The quantitative estimate of drug-likeness (QED) is 0.629. The monoisotopic (exact) mass is 390 g/mol. The van der Waals surface area contributed by atoms with Crippen molar-refractivity contribution in [2.45, 2.75) is 52.7 Å². The van der Waals surface area contributed by atoms with Gasteiger partial charge >= 0.3 is 0 Å². The Hall–Kier alpha value is -3.08. The molecule has 5 nitrogen and oxygen atoms in total. The molecule has 1 atom stereocenters. The molecule has 1 aromatic heterocycles. The van der Waals surface area contributed by atoms with Gasteiger partial charge in [0.05, 0.1) is 17.7 Å². The van der Waals surface area contributed by atoms with Gasteiger partial charge in [0, 0.05) is 11.7 Å². The third-order valence-electron chi connectivity index (χ3n) is 5.64. The minimum atomic E-state index is 0.133. The summed E-state index contributed by atoms with van der Waals surface area (Å²) in [6.45, 7) is 6.33. The van der Waals surface area contributed by atoms with Crippen LogP contribution in [0.2, 0.25) is 0 Å². The van der Waals surface area contributed by atoms with E-state index in [1.807, 2.05) is 55.1 Å². The molecule has 0 aliphatic carbocycles. The molecule has 3 aromatic rings. The SMILES string of the molecule is Cc1noc(C)c1COc1ccc(CC(=O)N2c3ccccc3CCC2C)cc1. The summed E-state index contributed by atoms with van der Waals surface area (Å²) in [6, 6.07) is 16.2. The van der Waals surface area contributed by atoms with Crippen LogP contribution >= 0.6 is 0 Å². The Balaban J connectivity index is 1.42. The fourth-order valence-electron chi connectivity index (χ4n) is 3.90. The number of rotatable bonds is 5. The molecule has 1 aliphatic heterocycles. The second-order valence-electron chi connectivity index (χ2n) is 7.69. The molecule has 0 spiro atoms. The zero-order chi connectivity index (χ0) is 20.4. The van der Waals surface area contributed by atoms with Crippen molar-refractivity contribution < 1.29 is 14.1 Å². The van der Waals surface area contributed by atoms with Crippen LogP contribution in [0, 0.1) is 13.8 Å². The van der Waals surface area contributed by atoms with Gasteiger partial charge in [-0.25, -0.2) is 0 Å². The lowest BCUT2D eigenvalue weighted by molar-refractivity contribution is -0.118. The highest BCUT2D eigenvalue weighted by molar-refractivity contribution is 5.96. The molecule has 1 unspecified atom stereocenters. The van der Waals surface area contributed by atoms with Crippen LogP contribution in [0.5, 0.6) is 5.75 Å². The average Bonchev–Trinajstić information content (AvgIpc) is 3.04. The maximum Gasteiger partial charge on any atom is 0.231 e. The molecule has 1 aliphatic rings. The Morgan fingerprint density at radius 3 is 2.66 bits per heavy atom. The topological polar surface area (TPSA) is 55.6 Å². The second kappa shape index (κ2) is 8.11. The summed E-state index contributed by atoms with van der Waals surface area (Å²) >= 11 is 0. The number of para-hydroxylation sites is 1. The van der Waals surface area contributed by atoms with Gasteiger partial charge in [0.1, 0.15) is 18.1 Å². The van der Waals surface area contributed by atoms with E-state index >= 15 is 0 Å². The summed E-state index contributed by atoms with van der Waals surface area (Å²) in [7, 11) is 0. The number of hydrogen-bond donors (Lipinski definition) is 0. The lowest BCUT2D eigenvalue weighted by atomic mass is 9.96. The Kier molecular flexibility index (Phi) is 5.38. The predicted octanol–water partition coefficient (Wildman–Crippen LogP) is 4.78. The number of aryl methyl sites for hydroxylation is 3. The molecule has 150 valence electrons. The van der Waals surface area contributed by atoms with Crippen LogP contribution < -0.4 is 9.64 Å². The number of nitrogens with zero attached hydrogens (tertiary/aromatic N) is 2. The smallest absolute Gasteiger partial charge is 0.231 e. The normalized spacial score (nSPS) is 15.8. The van der Waals surface area contributed by atoms with Crippen LogP contribution in [0.15, 0.2) is 53.1 Å². The molecule has 5 heteroatoms. The van der Waals surface area contributed by atoms with Crippen molar-refractivity contribution in [2.24, 2.45) is 0 Å². The van der Waals surface area contributed by atoms with E-state index in [9.17, 15) is 4.79 Å². The zero-order valence-corrected chi connectivity index (χ0v) is 17.1. The van der Waals surface area contributed by atoms with Crippen LogP contribution in [-0.4, -0.2) is 17.1 Å². The van der Waals surface area contributed by atoms with Gasteiger partial charge in [0.25, 0.3) is 0 Å². The number of carbonyl (C=O) groups excluding carboxylic acids is 1. The first-order valence-corrected chi connectivity index (χ1v) is 10.1. The highest BCUT2D eigenvalue weighted by atomic mass is 16.5. The predicted molar refractivity (Wildman–Crippen MR) is 112 cm³/mol. The lowest BCUT2D eigenvalue weighted by Crippen LogP contribution is -2.42. The van der Waals surface area contributed by atoms with Crippen molar-refractivity contribution >= 4 is 11.6 Å². The van der Waals surface area contributed by atoms with Gasteiger partial charge in [-0.3, -0.25) is 4.79 Å². The second-order valence-corrected chi connectivity index (χ2v) is 7.69. The van der Waals surface area contributed by atoms with Crippen LogP contribution in [0.1, 0.15) is 41.5 Å². The van der Waals surface area contributed by atoms with Crippen molar-refractivity contribution in [3.63, 3.8) is 0 Å². The molecule has 2 aromatic carbocycles. The third kappa shape index (κ3) is 4.04. The van der Waals surface area contributed by atoms with Crippen LogP contribution in [0.3, 0.4) is 0 Å². The van der Waals surface area contributed by atoms with E-state index in [1.165, 1.54) is 5.56 Å². The van der Waals surface area contributed by atoms with E-state index < -0.39 is 0 Å². The van der Waals surface area contributed by atoms with Gasteiger partial charge in [-0.1, -0.05) is 35.5 Å².